The number of benzene rings is 1. The standard InChI is InChI=1S/C17H19ClFN3OS2/c18-13-10-12(3-4-14(13)19)21-17(24)20-11-15(16-2-1-9-25-16)22-5-7-23-8-6-22/h1-4,9-10,15H,5-8,11H2,(H2,20,21,24)/t15-/m0/s1. The van der Waals surface area contributed by atoms with Crippen LogP contribution in [0.5, 0.6) is 0 Å². The second-order valence-electron chi connectivity index (χ2n) is 5.64. The minimum atomic E-state index is -0.448. The Balaban J connectivity index is 1.60. The number of hydrogen-bond acceptors (Lipinski definition) is 4. The molecule has 0 amide bonds. The van der Waals surface area contributed by atoms with Gasteiger partial charge in [-0.3, -0.25) is 4.90 Å². The second kappa shape index (κ2) is 8.91. The molecule has 2 heterocycles. The summed E-state index contributed by atoms with van der Waals surface area (Å²) in [7, 11) is 0. The summed E-state index contributed by atoms with van der Waals surface area (Å²) in [5.41, 5.74) is 0.656. The van der Waals surface area contributed by atoms with Crippen LogP contribution in [0.15, 0.2) is 35.7 Å². The summed E-state index contributed by atoms with van der Waals surface area (Å²) in [5.74, 6) is -0.448. The molecule has 1 aliphatic rings. The minimum Gasteiger partial charge on any atom is -0.379 e. The van der Waals surface area contributed by atoms with E-state index in [4.69, 9.17) is 28.6 Å². The van der Waals surface area contributed by atoms with Gasteiger partial charge in [-0.1, -0.05) is 17.7 Å². The highest BCUT2D eigenvalue weighted by molar-refractivity contribution is 7.80. The largest absolute Gasteiger partial charge is 0.379 e. The van der Waals surface area contributed by atoms with Gasteiger partial charge in [0.15, 0.2) is 5.11 Å². The zero-order chi connectivity index (χ0) is 17.6. The van der Waals surface area contributed by atoms with Crippen molar-refractivity contribution in [2.45, 2.75) is 6.04 Å². The molecule has 3 rings (SSSR count). The highest BCUT2D eigenvalue weighted by atomic mass is 35.5. The molecule has 0 aliphatic carbocycles. The van der Waals surface area contributed by atoms with E-state index >= 15 is 0 Å². The lowest BCUT2D eigenvalue weighted by Gasteiger charge is -2.34. The van der Waals surface area contributed by atoms with Gasteiger partial charge in [-0.25, -0.2) is 4.39 Å². The topological polar surface area (TPSA) is 36.5 Å². The monoisotopic (exact) mass is 399 g/mol. The summed E-state index contributed by atoms with van der Waals surface area (Å²) in [6, 6.07) is 8.88. The van der Waals surface area contributed by atoms with E-state index in [0.29, 0.717) is 17.3 Å². The number of nitrogens with zero attached hydrogens (tertiary/aromatic N) is 1. The lowest BCUT2D eigenvalue weighted by Crippen LogP contribution is -2.44. The number of ether oxygens (including phenoxy) is 1. The van der Waals surface area contributed by atoms with Gasteiger partial charge in [-0.05, 0) is 41.9 Å². The third kappa shape index (κ3) is 5.12. The Kier molecular flexibility index (Phi) is 6.61. The highest BCUT2D eigenvalue weighted by Gasteiger charge is 2.23. The van der Waals surface area contributed by atoms with Gasteiger partial charge >= 0.3 is 0 Å². The van der Waals surface area contributed by atoms with E-state index in [0.717, 1.165) is 26.3 Å². The Morgan fingerprint density at radius 3 is 2.84 bits per heavy atom. The first-order valence-corrected chi connectivity index (χ1v) is 9.65. The summed E-state index contributed by atoms with van der Waals surface area (Å²) in [6.45, 7) is 3.98. The molecule has 1 saturated heterocycles. The summed E-state index contributed by atoms with van der Waals surface area (Å²) in [4.78, 5) is 3.70. The van der Waals surface area contributed by atoms with Gasteiger partial charge in [0.1, 0.15) is 5.82 Å². The van der Waals surface area contributed by atoms with Crippen molar-refractivity contribution in [2.75, 3.05) is 38.2 Å². The molecule has 1 aromatic heterocycles. The Bertz CT molecular complexity index is 708. The Morgan fingerprint density at radius 1 is 1.36 bits per heavy atom. The van der Waals surface area contributed by atoms with Crippen LogP contribution in [0.1, 0.15) is 10.9 Å². The maximum atomic E-state index is 13.2. The Labute approximate surface area is 160 Å². The molecule has 0 bridgehead atoms. The van der Waals surface area contributed by atoms with Gasteiger partial charge in [0.05, 0.1) is 24.3 Å². The number of nitrogens with one attached hydrogen (secondary N) is 2. The number of halogens is 2. The van der Waals surface area contributed by atoms with E-state index in [9.17, 15) is 4.39 Å². The number of thiophene rings is 1. The summed E-state index contributed by atoms with van der Waals surface area (Å²) in [6.07, 6.45) is 0. The van der Waals surface area contributed by atoms with Gasteiger partial charge in [0.2, 0.25) is 0 Å². The van der Waals surface area contributed by atoms with Crippen molar-refractivity contribution < 1.29 is 9.13 Å². The van der Waals surface area contributed by atoms with Crippen molar-refractivity contribution in [3.63, 3.8) is 0 Å². The van der Waals surface area contributed by atoms with Crippen molar-refractivity contribution in [1.82, 2.24) is 10.2 Å². The van der Waals surface area contributed by atoms with E-state index in [1.807, 2.05) is 0 Å². The number of morpholine rings is 1. The molecule has 25 heavy (non-hydrogen) atoms. The zero-order valence-corrected chi connectivity index (χ0v) is 15.9. The molecule has 0 spiro atoms. The van der Waals surface area contributed by atoms with Crippen molar-refractivity contribution in [3.8, 4) is 0 Å². The summed E-state index contributed by atoms with van der Waals surface area (Å²) in [5, 5.41) is 8.94. The van der Waals surface area contributed by atoms with Crippen LogP contribution in [0.3, 0.4) is 0 Å². The molecule has 0 unspecified atom stereocenters. The zero-order valence-electron chi connectivity index (χ0n) is 13.5. The predicted octanol–water partition coefficient (Wildman–Crippen LogP) is 3.90. The minimum absolute atomic E-state index is 0.0672. The summed E-state index contributed by atoms with van der Waals surface area (Å²) >= 11 is 12.9. The fourth-order valence-electron chi connectivity index (χ4n) is 2.72. The van der Waals surface area contributed by atoms with Crippen molar-refractivity contribution in [1.29, 1.82) is 0 Å². The second-order valence-corrected chi connectivity index (χ2v) is 7.44. The van der Waals surface area contributed by atoms with E-state index < -0.39 is 5.82 Å². The molecule has 2 N–H and O–H groups in total. The maximum Gasteiger partial charge on any atom is 0.170 e. The molecule has 1 aliphatic heterocycles. The quantitative estimate of drug-likeness (QED) is 0.746. The average molecular weight is 400 g/mol. The Morgan fingerprint density at radius 2 is 2.16 bits per heavy atom. The van der Waals surface area contributed by atoms with Gasteiger partial charge in [-0.2, -0.15) is 0 Å². The lowest BCUT2D eigenvalue weighted by molar-refractivity contribution is 0.0177. The molecule has 134 valence electrons. The van der Waals surface area contributed by atoms with Crippen LogP contribution in [0.2, 0.25) is 5.02 Å². The number of thiocarbonyl (C=S) groups is 1. The first-order valence-electron chi connectivity index (χ1n) is 7.98. The van der Waals surface area contributed by atoms with Gasteiger partial charge in [0, 0.05) is 30.2 Å². The number of anilines is 1. The predicted molar refractivity (Wildman–Crippen MR) is 105 cm³/mol. The molecule has 1 fully saturated rings. The van der Waals surface area contributed by atoms with E-state index in [1.165, 1.54) is 17.0 Å². The van der Waals surface area contributed by atoms with E-state index in [2.05, 4.69) is 33.0 Å². The van der Waals surface area contributed by atoms with Gasteiger partial charge in [0.25, 0.3) is 0 Å². The van der Waals surface area contributed by atoms with Crippen molar-refractivity contribution >= 4 is 46.0 Å². The van der Waals surface area contributed by atoms with Crippen LogP contribution in [0, 0.1) is 5.82 Å². The first kappa shape index (κ1) is 18.5. The van der Waals surface area contributed by atoms with Crippen LogP contribution in [0.25, 0.3) is 0 Å². The van der Waals surface area contributed by atoms with Crippen LogP contribution in [-0.4, -0.2) is 42.9 Å². The van der Waals surface area contributed by atoms with Crippen LogP contribution in [-0.2, 0) is 4.74 Å². The molecular weight excluding hydrogens is 381 g/mol. The lowest BCUT2D eigenvalue weighted by atomic mass is 10.2. The summed E-state index contributed by atoms with van der Waals surface area (Å²) < 4.78 is 18.7. The molecular formula is C17H19ClFN3OS2. The fourth-order valence-corrected chi connectivity index (χ4v) is 3.96. The van der Waals surface area contributed by atoms with Crippen LogP contribution >= 0.6 is 35.2 Å². The van der Waals surface area contributed by atoms with Crippen molar-refractivity contribution in [2.24, 2.45) is 0 Å². The van der Waals surface area contributed by atoms with Crippen molar-refractivity contribution in [3.05, 3.63) is 51.4 Å². The fraction of sp³-hybridized carbons (Fsp3) is 0.353. The molecule has 0 radical (unpaired) electrons. The normalized spacial score (nSPS) is 16.4. The molecule has 1 atom stereocenters. The maximum absolute atomic E-state index is 13.2. The molecule has 1 aromatic carbocycles. The van der Waals surface area contributed by atoms with E-state index in [-0.39, 0.29) is 11.1 Å². The van der Waals surface area contributed by atoms with Gasteiger partial charge < -0.3 is 15.4 Å². The number of hydrogen-bond donors (Lipinski definition) is 2. The number of rotatable bonds is 5. The average Bonchev–Trinajstić information content (AvgIpc) is 3.14. The Hall–Kier alpha value is -1.25. The van der Waals surface area contributed by atoms with Gasteiger partial charge in [-0.15, -0.1) is 11.3 Å². The van der Waals surface area contributed by atoms with E-state index in [1.54, 1.807) is 17.4 Å². The highest BCUT2D eigenvalue weighted by Crippen LogP contribution is 2.25. The third-order valence-electron chi connectivity index (χ3n) is 3.99. The van der Waals surface area contributed by atoms with Crippen LogP contribution in [0.4, 0.5) is 10.1 Å². The molecule has 2 aromatic rings. The first-order chi connectivity index (χ1) is 12.1. The molecule has 8 heteroatoms. The molecule has 0 saturated carbocycles. The van der Waals surface area contributed by atoms with Crippen LogP contribution < -0.4 is 10.6 Å². The third-order valence-corrected chi connectivity index (χ3v) is 5.50. The molecule has 4 nitrogen and oxygen atoms in total. The SMILES string of the molecule is Fc1ccc(NC(=S)NC[C@@H](c2cccs2)N2CCOCC2)cc1Cl. The smallest absolute Gasteiger partial charge is 0.170 e.